The van der Waals surface area contributed by atoms with Gasteiger partial charge in [-0.15, -0.1) is 0 Å². The van der Waals surface area contributed by atoms with Crippen molar-refractivity contribution in [2.24, 2.45) is 0 Å². The van der Waals surface area contributed by atoms with Gasteiger partial charge in [0.15, 0.2) is 6.29 Å². The molecule has 2 nitrogen and oxygen atoms in total. The van der Waals surface area contributed by atoms with E-state index in [4.69, 9.17) is 0 Å². The number of aryl methyl sites for hydroxylation is 2. The molecule has 1 N–H and O–H groups in total. The maximum absolute atomic E-state index is 10.6. The van der Waals surface area contributed by atoms with E-state index in [9.17, 15) is 9.90 Å². The van der Waals surface area contributed by atoms with Crippen molar-refractivity contribution in [1.29, 1.82) is 0 Å². The Hall–Kier alpha value is -1.31. The third-order valence-corrected chi connectivity index (χ3v) is 1.89. The minimum Gasteiger partial charge on any atom is -0.507 e. The lowest BCUT2D eigenvalue weighted by molar-refractivity contribution is 0.112. The average molecular weight is 194 g/mol. The van der Waals surface area contributed by atoms with Gasteiger partial charge in [-0.05, 0) is 30.5 Å². The molecule has 78 valence electrons. The molecule has 0 aliphatic rings. The van der Waals surface area contributed by atoms with Gasteiger partial charge in [0.25, 0.3) is 0 Å². The molecule has 0 amide bonds. The smallest absolute Gasteiger partial charge is 0.154 e. The summed E-state index contributed by atoms with van der Waals surface area (Å²) >= 11 is 0. The third-order valence-electron chi connectivity index (χ3n) is 1.89. The molecule has 0 saturated heterocycles. The Morgan fingerprint density at radius 2 is 1.93 bits per heavy atom. The fraction of sp³-hybridized carbons (Fsp3) is 0.417. The van der Waals surface area contributed by atoms with Gasteiger partial charge >= 0.3 is 0 Å². The molecule has 0 unspecified atom stereocenters. The highest BCUT2D eigenvalue weighted by Gasteiger charge is 2.05. The molecular formula is C12H18O2. The largest absolute Gasteiger partial charge is 0.507 e. The predicted molar refractivity (Wildman–Crippen MR) is 59.0 cm³/mol. The lowest BCUT2D eigenvalue weighted by Gasteiger charge is -2.05. The molecule has 0 bridgehead atoms. The van der Waals surface area contributed by atoms with Crippen molar-refractivity contribution >= 4 is 6.29 Å². The summed E-state index contributed by atoms with van der Waals surface area (Å²) in [5.74, 6) is 0.0850. The average Bonchev–Trinajstić information content (AvgIpc) is 2.19. The van der Waals surface area contributed by atoms with Gasteiger partial charge in [0, 0.05) is 0 Å². The van der Waals surface area contributed by atoms with Gasteiger partial charge in [-0.3, -0.25) is 4.79 Å². The molecule has 0 aliphatic heterocycles. The lowest BCUT2D eigenvalue weighted by Crippen LogP contribution is -1.92. The maximum Gasteiger partial charge on any atom is 0.154 e. The molecule has 1 aromatic rings. The van der Waals surface area contributed by atoms with E-state index in [1.807, 2.05) is 33.8 Å². The number of rotatable bonds is 2. The van der Waals surface area contributed by atoms with Crippen LogP contribution in [-0.2, 0) is 6.42 Å². The minimum atomic E-state index is 0.0850. The zero-order valence-electron chi connectivity index (χ0n) is 9.29. The highest BCUT2D eigenvalue weighted by Crippen LogP contribution is 2.21. The number of carbonyl (C=O) groups is 1. The molecule has 0 radical (unpaired) electrons. The second-order valence-electron chi connectivity index (χ2n) is 2.83. The normalized spacial score (nSPS) is 8.86. The number of phenolic OH excluding ortho intramolecular Hbond substituents is 1. The molecule has 0 fully saturated rings. The van der Waals surface area contributed by atoms with Crippen LogP contribution < -0.4 is 0 Å². The van der Waals surface area contributed by atoms with Crippen LogP contribution in [0.3, 0.4) is 0 Å². The predicted octanol–water partition coefficient (Wildman–Crippen LogP) is 3.10. The zero-order chi connectivity index (χ0) is 11.1. The summed E-state index contributed by atoms with van der Waals surface area (Å²) in [7, 11) is 0. The van der Waals surface area contributed by atoms with Crippen molar-refractivity contribution in [1.82, 2.24) is 0 Å². The Morgan fingerprint density at radius 3 is 2.36 bits per heavy atom. The lowest BCUT2D eigenvalue weighted by atomic mass is 10.0. The first kappa shape index (κ1) is 12.7. The summed E-state index contributed by atoms with van der Waals surface area (Å²) in [6, 6.07) is 3.52. The Kier molecular flexibility index (Phi) is 5.61. The summed E-state index contributed by atoms with van der Waals surface area (Å²) < 4.78 is 0. The van der Waals surface area contributed by atoms with Crippen molar-refractivity contribution in [3.63, 3.8) is 0 Å². The summed E-state index contributed by atoms with van der Waals surface area (Å²) in [6.45, 7) is 7.86. The molecule has 1 aromatic carbocycles. The highest BCUT2D eigenvalue weighted by molar-refractivity contribution is 5.81. The molecule has 0 spiro atoms. The first-order valence-electron chi connectivity index (χ1n) is 4.96. The van der Waals surface area contributed by atoms with Crippen LogP contribution in [-0.4, -0.2) is 11.4 Å². The van der Waals surface area contributed by atoms with Gasteiger partial charge in [-0.1, -0.05) is 26.8 Å². The number of hydrogen-bond acceptors (Lipinski definition) is 2. The monoisotopic (exact) mass is 194 g/mol. The van der Waals surface area contributed by atoms with E-state index in [1.54, 1.807) is 6.07 Å². The van der Waals surface area contributed by atoms with Gasteiger partial charge in [0.2, 0.25) is 0 Å². The zero-order valence-corrected chi connectivity index (χ0v) is 9.29. The molecule has 0 atom stereocenters. The van der Waals surface area contributed by atoms with E-state index in [0.717, 1.165) is 17.5 Å². The van der Waals surface area contributed by atoms with Crippen molar-refractivity contribution in [2.75, 3.05) is 0 Å². The number of phenols is 1. The van der Waals surface area contributed by atoms with Crippen molar-refractivity contribution in [3.8, 4) is 5.75 Å². The minimum absolute atomic E-state index is 0.0850. The molecule has 0 heterocycles. The van der Waals surface area contributed by atoms with Crippen LogP contribution in [0.2, 0.25) is 0 Å². The Balaban J connectivity index is 0.000000791. The first-order valence-corrected chi connectivity index (χ1v) is 4.96. The molecule has 0 saturated carbocycles. The Bertz CT molecular complexity index is 303. The summed E-state index contributed by atoms with van der Waals surface area (Å²) in [5, 5.41) is 9.37. The topological polar surface area (TPSA) is 37.3 Å². The quantitative estimate of drug-likeness (QED) is 0.734. The van der Waals surface area contributed by atoms with Crippen LogP contribution in [0.5, 0.6) is 5.75 Å². The molecule has 14 heavy (non-hydrogen) atoms. The standard InChI is InChI=1S/C10H12O2.C2H6/c1-3-8-4-7(2)5-10(12)9(8)6-11;1-2/h4-6,12H,3H2,1-2H3;1-2H3. The van der Waals surface area contributed by atoms with Gasteiger partial charge < -0.3 is 5.11 Å². The van der Waals surface area contributed by atoms with Gasteiger partial charge in [-0.25, -0.2) is 0 Å². The van der Waals surface area contributed by atoms with Gasteiger partial charge in [0.05, 0.1) is 5.56 Å². The van der Waals surface area contributed by atoms with Crippen LogP contribution in [0, 0.1) is 6.92 Å². The summed E-state index contributed by atoms with van der Waals surface area (Å²) in [6.07, 6.45) is 1.47. The molecule has 0 aliphatic carbocycles. The fourth-order valence-corrected chi connectivity index (χ4v) is 1.28. The molecule has 1 rings (SSSR count). The van der Waals surface area contributed by atoms with E-state index < -0.39 is 0 Å². The van der Waals surface area contributed by atoms with Crippen LogP contribution in [0.15, 0.2) is 12.1 Å². The number of aromatic hydroxyl groups is 1. The second kappa shape index (κ2) is 6.19. The number of carbonyl (C=O) groups excluding carboxylic acids is 1. The van der Waals surface area contributed by atoms with Crippen LogP contribution >= 0.6 is 0 Å². The summed E-state index contributed by atoms with van der Waals surface area (Å²) in [4.78, 5) is 10.6. The van der Waals surface area contributed by atoms with Crippen LogP contribution in [0.1, 0.15) is 42.3 Å². The highest BCUT2D eigenvalue weighted by atomic mass is 16.3. The van der Waals surface area contributed by atoms with Crippen molar-refractivity contribution in [3.05, 3.63) is 28.8 Å². The Morgan fingerprint density at radius 1 is 1.36 bits per heavy atom. The van der Waals surface area contributed by atoms with E-state index in [0.29, 0.717) is 11.8 Å². The van der Waals surface area contributed by atoms with Crippen LogP contribution in [0.4, 0.5) is 0 Å². The maximum atomic E-state index is 10.6. The second-order valence-corrected chi connectivity index (χ2v) is 2.83. The third kappa shape index (κ3) is 2.87. The van der Waals surface area contributed by atoms with E-state index >= 15 is 0 Å². The molecular weight excluding hydrogens is 176 g/mol. The van der Waals surface area contributed by atoms with E-state index in [1.165, 1.54) is 0 Å². The van der Waals surface area contributed by atoms with E-state index in [2.05, 4.69) is 0 Å². The number of benzene rings is 1. The Labute approximate surface area is 85.6 Å². The number of aldehydes is 1. The first-order chi connectivity index (χ1) is 6.69. The van der Waals surface area contributed by atoms with Crippen molar-refractivity contribution < 1.29 is 9.90 Å². The molecule has 2 heteroatoms. The van der Waals surface area contributed by atoms with Crippen LogP contribution in [0.25, 0.3) is 0 Å². The SMILES string of the molecule is CC.CCc1cc(C)cc(O)c1C=O. The summed E-state index contributed by atoms with van der Waals surface area (Å²) in [5.41, 5.74) is 2.31. The van der Waals surface area contributed by atoms with Gasteiger partial charge in [0.1, 0.15) is 5.75 Å². The number of hydrogen-bond donors (Lipinski definition) is 1. The fourth-order valence-electron chi connectivity index (χ4n) is 1.28. The van der Waals surface area contributed by atoms with Gasteiger partial charge in [-0.2, -0.15) is 0 Å². The van der Waals surface area contributed by atoms with Crippen molar-refractivity contribution in [2.45, 2.75) is 34.1 Å². The molecule has 0 aromatic heterocycles. The van der Waals surface area contributed by atoms with E-state index in [-0.39, 0.29) is 5.75 Å².